The highest BCUT2D eigenvalue weighted by Crippen LogP contribution is 2.43. The first-order valence-corrected chi connectivity index (χ1v) is 11.2. The largest absolute Gasteiger partial charge is 0.507 e. The van der Waals surface area contributed by atoms with Crippen molar-refractivity contribution >= 4 is 5.82 Å². The van der Waals surface area contributed by atoms with Gasteiger partial charge in [-0.15, -0.1) is 15.3 Å². The van der Waals surface area contributed by atoms with Crippen LogP contribution in [-0.2, 0) is 0 Å². The van der Waals surface area contributed by atoms with E-state index in [1.54, 1.807) is 18.3 Å². The summed E-state index contributed by atoms with van der Waals surface area (Å²) < 4.78 is 17.0. The minimum absolute atomic E-state index is 0.0340. The van der Waals surface area contributed by atoms with Gasteiger partial charge in [-0.2, -0.15) is 5.26 Å². The molecule has 2 saturated heterocycles. The molecule has 0 amide bonds. The van der Waals surface area contributed by atoms with Gasteiger partial charge in [-0.1, -0.05) is 0 Å². The molecule has 3 aromatic rings. The highest BCUT2D eigenvalue weighted by atomic mass is 19.1. The number of fused-ring (bicyclic) bond motifs is 2. The molecule has 176 valence electrons. The Labute approximate surface area is 196 Å². The molecule has 2 aliphatic rings. The lowest BCUT2D eigenvalue weighted by molar-refractivity contribution is 0.00193. The molecule has 2 aliphatic heterocycles. The van der Waals surface area contributed by atoms with E-state index in [1.165, 1.54) is 17.1 Å². The van der Waals surface area contributed by atoms with Gasteiger partial charge in [0.2, 0.25) is 0 Å². The summed E-state index contributed by atoms with van der Waals surface area (Å²) in [6.45, 7) is 4.13. The first kappa shape index (κ1) is 22.2. The second kappa shape index (κ2) is 7.99. The molecule has 10 nitrogen and oxygen atoms in total. The topological polar surface area (TPSA) is 129 Å². The van der Waals surface area contributed by atoms with Crippen LogP contribution in [0.4, 0.5) is 10.2 Å². The van der Waals surface area contributed by atoms with Crippen molar-refractivity contribution in [2.24, 2.45) is 0 Å². The second-order valence-electron chi connectivity index (χ2n) is 9.71. The van der Waals surface area contributed by atoms with Gasteiger partial charge >= 0.3 is 0 Å². The van der Waals surface area contributed by atoms with Crippen LogP contribution in [0.2, 0.25) is 0 Å². The Morgan fingerprint density at radius 1 is 1.26 bits per heavy atom. The summed E-state index contributed by atoms with van der Waals surface area (Å²) in [5.74, 6) is 0.693. The van der Waals surface area contributed by atoms with Gasteiger partial charge in [0.25, 0.3) is 5.82 Å². The minimum Gasteiger partial charge on any atom is -0.507 e. The standard InChI is InChI=1S/C23H26FN9O/c1-22-7-4-8-23(2,31-22)20(24)16(10-22)32(3)19-12-26-21(29-28-19)15-6-5-14(9-17(15)34)33-13-27-18(11-25)30-33/h5-6,9,12-13,16,20,31,34H,4,7-8,10H2,1-3H3/t16-,20-,22-,23+/m1/s1. The van der Waals surface area contributed by atoms with E-state index in [1.807, 2.05) is 24.9 Å². The van der Waals surface area contributed by atoms with Crippen molar-refractivity contribution in [2.45, 2.75) is 62.8 Å². The Balaban J connectivity index is 1.37. The molecule has 4 heterocycles. The maximum Gasteiger partial charge on any atom is 0.252 e. The van der Waals surface area contributed by atoms with Crippen LogP contribution in [0.15, 0.2) is 30.7 Å². The Morgan fingerprint density at radius 3 is 2.76 bits per heavy atom. The maximum atomic E-state index is 15.6. The minimum atomic E-state index is -1.05. The molecule has 0 aliphatic carbocycles. The van der Waals surface area contributed by atoms with Crippen LogP contribution in [0.1, 0.15) is 45.4 Å². The van der Waals surface area contributed by atoms with E-state index in [0.717, 1.165) is 19.3 Å². The molecular weight excluding hydrogens is 437 g/mol. The molecule has 2 bridgehead atoms. The lowest BCUT2D eigenvalue weighted by Crippen LogP contribution is -2.72. The molecule has 11 heteroatoms. The number of hydrogen-bond acceptors (Lipinski definition) is 9. The van der Waals surface area contributed by atoms with E-state index in [-0.39, 0.29) is 29.0 Å². The summed E-state index contributed by atoms with van der Waals surface area (Å²) in [4.78, 5) is 10.1. The van der Waals surface area contributed by atoms with Gasteiger partial charge in [0.05, 0.1) is 23.5 Å². The lowest BCUT2D eigenvalue weighted by atomic mass is 9.68. The molecule has 2 fully saturated rings. The molecule has 2 aromatic heterocycles. The van der Waals surface area contributed by atoms with Gasteiger partial charge in [0, 0.05) is 24.2 Å². The average molecular weight is 464 g/mol. The van der Waals surface area contributed by atoms with Crippen LogP contribution in [0.25, 0.3) is 17.1 Å². The number of halogens is 1. The van der Waals surface area contributed by atoms with Crippen molar-refractivity contribution in [1.29, 1.82) is 5.26 Å². The molecule has 5 rings (SSSR count). The third-order valence-corrected chi connectivity index (χ3v) is 7.11. The summed E-state index contributed by atoms with van der Waals surface area (Å²) in [5.41, 5.74) is 0.259. The van der Waals surface area contributed by atoms with Crippen molar-refractivity contribution in [3.05, 3.63) is 36.5 Å². The SMILES string of the molecule is CN(c1cnc(-c2ccc(-n3cnc(C#N)n3)cc2O)nn1)[C@@H]1C[C@@]2(C)CCC[C@](C)(N2)[C@@H]1F. The van der Waals surface area contributed by atoms with E-state index in [2.05, 4.69) is 37.5 Å². The molecule has 1 aromatic carbocycles. The molecule has 4 atom stereocenters. The summed E-state index contributed by atoms with van der Waals surface area (Å²) in [5, 5.41) is 35.5. The normalized spacial score (nSPS) is 28.3. The molecule has 0 radical (unpaired) electrons. The summed E-state index contributed by atoms with van der Waals surface area (Å²) in [6.07, 6.45) is 5.41. The van der Waals surface area contributed by atoms with Crippen molar-refractivity contribution in [3.8, 4) is 28.9 Å². The fourth-order valence-electron chi connectivity index (χ4n) is 5.36. The Hall–Kier alpha value is -3.65. The van der Waals surface area contributed by atoms with E-state index >= 15 is 4.39 Å². The van der Waals surface area contributed by atoms with Gasteiger partial charge in [0.1, 0.15) is 24.3 Å². The first-order valence-electron chi connectivity index (χ1n) is 11.2. The van der Waals surface area contributed by atoms with Crippen LogP contribution >= 0.6 is 0 Å². The van der Waals surface area contributed by atoms with Crippen molar-refractivity contribution in [1.82, 2.24) is 35.3 Å². The fourth-order valence-corrected chi connectivity index (χ4v) is 5.36. The molecule has 0 unspecified atom stereocenters. The average Bonchev–Trinajstić information content (AvgIpc) is 3.30. The van der Waals surface area contributed by atoms with Gasteiger partial charge in [-0.05, 0) is 51.7 Å². The number of piperidine rings is 2. The van der Waals surface area contributed by atoms with E-state index in [9.17, 15) is 5.11 Å². The highest BCUT2D eigenvalue weighted by molar-refractivity contribution is 5.66. The number of anilines is 1. The van der Waals surface area contributed by atoms with Crippen LogP contribution in [-0.4, -0.2) is 65.4 Å². The number of rotatable bonds is 4. The number of phenols is 1. The van der Waals surface area contributed by atoms with Crippen molar-refractivity contribution in [3.63, 3.8) is 0 Å². The summed E-state index contributed by atoms with van der Waals surface area (Å²) in [6, 6.07) is 6.35. The number of hydrogen-bond donors (Lipinski definition) is 2. The fraction of sp³-hybridized carbons (Fsp3) is 0.478. The van der Waals surface area contributed by atoms with Gasteiger partial charge in [-0.25, -0.2) is 19.0 Å². The first-order chi connectivity index (χ1) is 16.2. The molecule has 0 spiro atoms. The van der Waals surface area contributed by atoms with Gasteiger partial charge < -0.3 is 15.3 Å². The maximum absolute atomic E-state index is 15.6. The number of phenolic OH excluding ortho intramolecular Hbond substituents is 1. The Kier molecular flexibility index (Phi) is 5.20. The van der Waals surface area contributed by atoms with Crippen LogP contribution in [0.5, 0.6) is 5.75 Å². The number of alkyl halides is 1. The van der Waals surface area contributed by atoms with Crippen LogP contribution < -0.4 is 10.2 Å². The predicted molar refractivity (Wildman–Crippen MR) is 122 cm³/mol. The third-order valence-electron chi connectivity index (χ3n) is 7.11. The zero-order valence-electron chi connectivity index (χ0n) is 19.3. The number of benzene rings is 1. The second-order valence-corrected chi connectivity index (χ2v) is 9.71. The molecular formula is C23H26FN9O. The van der Waals surface area contributed by atoms with Crippen LogP contribution in [0, 0.1) is 11.3 Å². The Morgan fingerprint density at radius 2 is 2.09 bits per heavy atom. The van der Waals surface area contributed by atoms with Crippen molar-refractivity contribution < 1.29 is 9.50 Å². The van der Waals surface area contributed by atoms with E-state index < -0.39 is 11.7 Å². The number of nitrogens with one attached hydrogen (secondary N) is 1. The lowest BCUT2D eigenvalue weighted by Gasteiger charge is -2.56. The molecule has 0 saturated carbocycles. The predicted octanol–water partition coefficient (Wildman–Crippen LogP) is 2.53. The van der Waals surface area contributed by atoms with Gasteiger partial charge in [-0.3, -0.25) is 0 Å². The number of nitrogens with zero attached hydrogens (tertiary/aromatic N) is 8. The monoisotopic (exact) mass is 463 g/mol. The van der Waals surface area contributed by atoms with Crippen LogP contribution in [0.3, 0.4) is 0 Å². The highest BCUT2D eigenvalue weighted by Gasteiger charge is 2.53. The molecule has 34 heavy (non-hydrogen) atoms. The number of aromatic nitrogens is 6. The third kappa shape index (κ3) is 3.74. The van der Waals surface area contributed by atoms with Crippen molar-refractivity contribution in [2.75, 3.05) is 11.9 Å². The zero-order chi connectivity index (χ0) is 24.1. The smallest absolute Gasteiger partial charge is 0.252 e. The summed E-state index contributed by atoms with van der Waals surface area (Å²) in [7, 11) is 1.83. The molecule has 2 N–H and O–H groups in total. The Bertz CT molecular complexity index is 1260. The summed E-state index contributed by atoms with van der Waals surface area (Å²) >= 11 is 0. The number of aromatic hydroxyl groups is 1. The van der Waals surface area contributed by atoms with E-state index in [0.29, 0.717) is 23.5 Å². The number of nitriles is 1. The van der Waals surface area contributed by atoms with Gasteiger partial charge in [0.15, 0.2) is 11.6 Å². The van der Waals surface area contributed by atoms with E-state index in [4.69, 9.17) is 5.26 Å². The quantitative estimate of drug-likeness (QED) is 0.600. The zero-order valence-corrected chi connectivity index (χ0v) is 19.3.